The van der Waals surface area contributed by atoms with Gasteiger partial charge in [0.1, 0.15) is 5.01 Å². The first kappa shape index (κ1) is 24.5. The van der Waals surface area contributed by atoms with Crippen molar-refractivity contribution in [2.75, 3.05) is 33.9 Å². The van der Waals surface area contributed by atoms with Crippen LogP contribution in [0.25, 0.3) is 10.6 Å². The normalized spacial score (nSPS) is 15.3. The fourth-order valence-electron chi connectivity index (χ4n) is 3.09. The summed E-state index contributed by atoms with van der Waals surface area (Å²) in [6.45, 7) is 2.89. The van der Waals surface area contributed by atoms with Crippen LogP contribution < -0.4 is 20.1 Å². The van der Waals surface area contributed by atoms with Gasteiger partial charge in [0.25, 0.3) is 0 Å². The quantitative estimate of drug-likeness (QED) is 0.648. The van der Waals surface area contributed by atoms with Gasteiger partial charge in [0.15, 0.2) is 11.5 Å². The van der Waals surface area contributed by atoms with E-state index in [9.17, 15) is 4.79 Å². The van der Waals surface area contributed by atoms with E-state index >= 15 is 0 Å². The zero-order valence-electron chi connectivity index (χ0n) is 16.0. The average Bonchev–Trinajstić information content (AvgIpc) is 3.33. The first-order valence-corrected chi connectivity index (χ1v) is 9.71. The number of hydrogen-bond acceptors (Lipinski definition) is 6. The lowest BCUT2D eigenvalue weighted by atomic mass is 10.1. The highest BCUT2D eigenvalue weighted by atomic mass is 35.5. The Kier molecular flexibility index (Phi) is 10.6. The Morgan fingerprint density at radius 2 is 2.07 bits per heavy atom. The lowest BCUT2D eigenvalue weighted by molar-refractivity contribution is -0.120. The molecule has 1 aromatic carbocycles. The van der Waals surface area contributed by atoms with Gasteiger partial charge in [-0.15, -0.1) is 36.2 Å². The Bertz CT molecular complexity index is 752. The molecule has 1 aliphatic heterocycles. The molecule has 6 nitrogen and oxygen atoms in total. The van der Waals surface area contributed by atoms with Gasteiger partial charge in [-0.25, -0.2) is 4.98 Å². The second kappa shape index (κ2) is 12.1. The number of carbonyl (C=O) groups is 1. The third kappa shape index (κ3) is 6.51. The molecule has 2 N–H and O–H groups in total. The lowest BCUT2D eigenvalue weighted by Crippen LogP contribution is -2.27. The molecule has 1 saturated heterocycles. The number of methoxy groups -OCH3 is 2. The van der Waals surface area contributed by atoms with Gasteiger partial charge >= 0.3 is 0 Å². The van der Waals surface area contributed by atoms with E-state index in [2.05, 4.69) is 15.6 Å². The summed E-state index contributed by atoms with van der Waals surface area (Å²) in [4.78, 5) is 16.7. The number of thiazole rings is 1. The van der Waals surface area contributed by atoms with Gasteiger partial charge in [0, 0.05) is 17.5 Å². The fraction of sp³-hybridized carbons (Fsp3) is 0.474. The summed E-state index contributed by atoms with van der Waals surface area (Å²) in [7, 11) is 3.22. The number of carbonyl (C=O) groups excluding carboxylic acids is 1. The van der Waals surface area contributed by atoms with Crippen molar-refractivity contribution in [1.82, 2.24) is 15.6 Å². The number of aromatic nitrogens is 1. The fourth-order valence-corrected chi connectivity index (χ4v) is 3.91. The largest absolute Gasteiger partial charge is 0.493 e. The average molecular weight is 448 g/mol. The van der Waals surface area contributed by atoms with Crippen molar-refractivity contribution in [3.63, 3.8) is 0 Å². The van der Waals surface area contributed by atoms with E-state index in [0.29, 0.717) is 23.8 Å². The monoisotopic (exact) mass is 447 g/mol. The summed E-state index contributed by atoms with van der Waals surface area (Å²) in [5.41, 5.74) is 1.74. The summed E-state index contributed by atoms with van der Waals surface area (Å²) >= 11 is 1.53. The Labute approximate surface area is 182 Å². The van der Waals surface area contributed by atoms with Gasteiger partial charge < -0.3 is 20.1 Å². The molecule has 1 unspecified atom stereocenters. The lowest BCUT2D eigenvalue weighted by Gasteiger charge is -2.09. The number of ether oxygens (including phenoxy) is 2. The number of amides is 1. The van der Waals surface area contributed by atoms with Crippen molar-refractivity contribution >= 4 is 42.1 Å². The smallest absolute Gasteiger partial charge is 0.226 e. The number of nitrogens with zero attached hydrogens (tertiary/aromatic N) is 1. The maximum absolute atomic E-state index is 12.1. The van der Waals surface area contributed by atoms with Crippen LogP contribution in [0, 0.1) is 5.92 Å². The molecule has 156 valence electrons. The third-order valence-electron chi connectivity index (χ3n) is 4.56. The molecule has 9 heteroatoms. The van der Waals surface area contributed by atoms with Crippen LogP contribution in [0.4, 0.5) is 0 Å². The SMILES string of the molecule is COc1ccc(-c2nc(CC(=O)NCCC3CCNC3)cs2)cc1OC.Cl.Cl. The second-order valence-corrected chi connectivity index (χ2v) is 7.25. The predicted molar refractivity (Wildman–Crippen MR) is 117 cm³/mol. The highest BCUT2D eigenvalue weighted by Gasteiger charge is 2.15. The molecule has 1 aliphatic rings. The molecular formula is C19H27Cl2N3O3S. The number of rotatable bonds is 8. The number of halogens is 2. The Balaban J connectivity index is 0.00000196. The van der Waals surface area contributed by atoms with Gasteiger partial charge in [0.05, 0.1) is 26.3 Å². The number of nitrogens with one attached hydrogen (secondary N) is 2. The minimum absolute atomic E-state index is 0. The maximum atomic E-state index is 12.1. The molecule has 1 aromatic heterocycles. The molecular weight excluding hydrogens is 421 g/mol. The van der Waals surface area contributed by atoms with Crippen molar-refractivity contribution in [3.05, 3.63) is 29.3 Å². The minimum Gasteiger partial charge on any atom is -0.493 e. The molecule has 0 radical (unpaired) electrons. The van der Waals surface area contributed by atoms with Gasteiger partial charge in [-0.2, -0.15) is 0 Å². The maximum Gasteiger partial charge on any atom is 0.226 e. The van der Waals surface area contributed by atoms with Crippen molar-refractivity contribution < 1.29 is 14.3 Å². The minimum atomic E-state index is 0. The van der Waals surface area contributed by atoms with Crippen LogP contribution in [0.2, 0.25) is 0 Å². The molecule has 28 heavy (non-hydrogen) atoms. The first-order chi connectivity index (χ1) is 12.7. The Hall–Kier alpha value is -1.54. The summed E-state index contributed by atoms with van der Waals surface area (Å²) < 4.78 is 10.6. The van der Waals surface area contributed by atoms with Crippen LogP contribution in [0.15, 0.2) is 23.6 Å². The molecule has 1 fully saturated rings. The van der Waals surface area contributed by atoms with E-state index in [1.807, 2.05) is 23.6 Å². The summed E-state index contributed by atoms with van der Waals surface area (Å²) in [6.07, 6.45) is 2.55. The molecule has 2 aromatic rings. The zero-order valence-corrected chi connectivity index (χ0v) is 18.5. The summed E-state index contributed by atoms with van der Waals surface area (Å²) in [5.74, 6) is 2.07. The zero-order chi connectivity index (χ0) is 18.4. The van der Waals surface area contributed by atoms with Crippen molar-refractivity contribution in [2.24, 2.45) is 5.92 Å². The third-order valence-corrected chi connectivity index (χ3v) is 5.50. The molecule has 2 heterocycles. The standard InChI is InChI=1S/C19H25N3O3S.2ClH/c1-24-16-4-3-14(9-17(16)25-2)19-22-15(12-26-19)10-18(23)21-8-6-13-5-7-20-11-13;;/h3-4,9,12-13,20H,5-8,10-11H2,1-2H3,(H,21,23);2*1H. The van der Waals surface area contributed by atoms with Gasteiger partial charge in [-0.1, -0.05) is 0 Å². The molecule has 0 bridgehead atoms. The number of benzene rings is 1. The topological polar surface area (TPSA) is 72.5 Å². The highest BCUT2D eigenvalue weighted by Crippen LogP contribution is 2.33. The van der Waals surface area contributed by atoms with Crippen molar-refractivity contribution in [3.8, 4) is 22.1 Å². The molecule has 1 amide bonds. The van der Waals surface area contributed by atoms with Crippen LogP contribution in [0.5, 0.6) is 11.5 Å². The van der Waals surface area contributed by atoms with Crippen LogP contribution in [-0.4, -0.2) is 44.7 Å². The molecule has 1 atom stereocenters. The van der Waals surface area contributed by atoms with Crippen LogP contribution >= 0.6 is 36.2 Å². The highest BCUT2D eigenvalue weighted by molar-refractivity contribution is 7.13. The molecule has 0 aliphatic carbocycles. The van der Waals surface area contributed by atoms with E-state index in [1.165, 1.54) is 17.8 Å². The summed E-state index contributed by atoms with van der Waals surface area (Å²) in [5, 5.41) is 9.15. The van der Waals surface area contributed by atoms with E-state index in [4.69, 9.17) is 9.47 Å². The van der Waals surface area contributed by atoms with E-state index in [0.717, 1.165) is 42.3 Å². The van der Waals surface area contributed by atoms with Crippen molar-refractivity contribution in [2.45, 2.75) is 19.3 Å². The number of hydrogen-bond donors (Lipinski definition) is 2. The first-order valence-electron chi connectivity index (χ1n) is 8.84. The van der Waals surface area contributed by atoms with Gasteiger partial charge in [-0.3, -0.25) is 4.79 Å². The van der Waals surface area contributed by atoms with E-state index < -0.39 is 0 Å². The van der Waals surface area contributed by atoms with Gasteiger partial charge in [0.2, 0.25) is 5.91 Å². The van der Waals surface area contributed by atoms with E-state index in [1.54, 1.807) is 14.2 Å². The van der Waals surface area contributed by atoms with Gasteiger partial charge in [-0.05, 0) is 50.0 Å². The Morgan fingerprint density at radius 3 is 2.75 bits per heavy atom. The van der Waals surface area contributed by atoms with Crippen molar-refractivity contribution in [1.29, 1.82) is 0 Å². The van der Waals surface area contributed by atoms with E-state index in [-0.39, 0.29) is 30.7 Å². The van der Waals surface area contributed by atoms with Crippen LogP contribution in [0.3, 0.4) is 0 Å². The molecule has 0 saturated carbocycles. The van der Waals surface area contributed by atoms with Crippen LogP contribution in [0.1, 0.15) is 18.5 Å². The molecule has 3 rings (SSSR count). The Morgan fingerprint density at radius 1 is 1.29 bits per heavy atom. The summed E-state index contributed by atoms with van der Waals surface area (Å²) in [6, 6.07) is 5.71. The predicted octanol–water partition coefficient (Wildman–Crippen LogP) is 3.33. The second-order valence-electron chi connectivity index (χ2n) is 6.39. The van der Waals surface area contributed by atoms with Crippen LogP contribution in [-0.2, 0) is 11.2 Å². The molecule has 0 spiro atoms.